The van der Waals surface area contributed by atoms with Crippen molar-refractivity contribution >= 4 is 0 Å². The summed E-state index contributed by atoms with van der Waals surface area (Å²) in [5, 5.41) is 3.34. The molecule has 0 bridgehead atoms. The van der Waals surface area contributed by atoms with E-state index in [0.29, 0.717) is 12.7 Å². The minimum atomic E-state index is 0.408. The molecule has 0 radical (unpaired) electrons. The fraction of sp³-hybridized carbons (Fsp3) is 0.714. The molecule has 0 aliphatic carbocycles. The van der Waals surface area contributed by atoms with Crippen molar-refractivity contribution in [1.82, 2.24) is 10.2 Å². The van der Waals surface area contributed by atoms with Gasteiger partial charge >= 0.3 is 0 Å². The third-order valence-electron chi connectivity index (χ3n) is 3.09. The van der Waals surface area contributed by atoms with Gasteiger partial charge in [0.05, 0.1) is 0 Å². The maximum Gasteiger partial charge on any atom is 0.102 e. The van der Waals surface area contributed by atoms with Crippen LogP contribution in [0.4, 0.5) is 0 Å². The van der Waals surface area contributed by atoms with Crippen LogP contribution in [0.2, 0.25) is 0 Å². The molecule has 1 aliphatic rings. The van der Waals surface area contributed by atoms with E-state index < -0.39 is 0 Å². The summed E-state index contributed by atoms with van der Waals surface area (Å²) in [6.45, 7) is 3.89. The number of nitrogens with one attached hydrogen (secondary N) is 1. The largest absolute Gasteiger partial charge is 0.370 e. The average molecular weight is 237 g/mol. The van der Waals surface area contributed by atoms with Crippen molar-refractivity contribution in [3.63, 3.8) is 0 Å². The van der Waals surface area contributed by atoms with E-state index in [9.17, 15) is 0 Å². The van der Waals surface area contributed by atoms with Crippen LogP contribution in [-0.4, -0.2) is 24.2 Å². The van der Waals surface area contributed by atoms with Crippen molar-refractivity contribution < 1.29 is 0 Å². The first-order valence-electron chi connectivity index (χ1n) is 6.92. The second-order valence-electron chi connectivity index (χ2n) is 4.58. The van der Waals surface area contributed by atoms with Gasteiger partial charge in [-0.05, 0) is 12.8 Å². The smallest absolute Gasteiger partial charge is 0.102 e. The second-order valence-corrected chi connectivity index (χ2v) is 4.58. The Balaban J connectivity index is 2.07. The summed E-state index contributed by atoms with van der Waals surface area (Å²) in [5.74, 6) is 0. The lowest BCUT2D eigenvalue weighted by Crippen LogP contribution is -2.37. The first-order valence-corrected chi connectivity index (χ1v) is 6.92. The van der Waals surface area contributed by atoms with Gasteiger partial charge in [0.25, 0.3) is 0 Å². The van der Waals surface area contributed by atoms with E-state index in [1.807, 2.05) is 6.20 Å². The summed E-state index contributed by atoms with van der Waals surface area (Å²) in [6, 6.07) is 0. The average Bonchev–Trinajstić information content (AvgIpc) is 2.76. The van der Waals surface area contributed by atoms with Crippen molar-refractivity contribution in [2.24, 2.45) is 5.73 Å². The predicted molar refractivity (Wildman–Crippen MR) is 74.3 cm³/mol. The Kier molecular flexibility index (Phi) is 7.56. The Labute approximate surface area is 106 Å². The molecule has 1 heterocycles. The molecule has 0 fully saturated rings. The normalized spacial score (nSPS) is 19.2. The second kappa shape index (κ2) is 9.11. The van der Waals surface area contributed by atoms with E-state index in [1.165, 1.54) is 32.1 Å². The lowest BCUT2D eigenvalue weighted by Gasteiger charge is -2.23. The number of nitrogens with two attached hydrogens (primary N) is 1. The molecule has 0 amide bonds. The van der Waals surface area contributed by atoms with E-state index in [4.69, 9.17) is 5.73 Å². The molecule has 0 aromatic carbocycles. The summed E-state index contributed by atoms with van der Waals surface area (Å²) in [5.41, 5.74) is 5.57. The fourth-order valence-electron chi connectivity index (χ4n) is 2.06. The van der Waals surface area contributed by atoms with Crippen molar-refractivity contribution in [2.45, 2.75) is 51.6 Å². The van der Waals surface area contributed by atoms with Gasteiger partial charge in [-0.15, -0.1) is 0 Å². The molecular weight excluding hydrogens is 210 g/mol. The molecular formula is C14H27N3. The number of hydrogen-bond acceptors (Lipinski definition) is 3. The van der Waals surface area contributed by atoms with E-state index in [0.717, 1.165) is 13.0 Å². The molecule has 1 rings (SSSR count). The lowest BCUT2D eigenvalue weighted by atomic mass is 10.1. The number of nitrogens with zero attached hydrogens (tertiary/aromatic N) is 1. The van der Waals surface area contributed by atoms with E-state index >= 15 is 0 Å². The highest BCUT2D eigenvalue weighted by Crippen LogP contribution is 2.09. The first kappa shape index (κ1) is 14.1. The Bertz CT molecular complexity index is 236. The molecule has 0 aromatic rings. The molecule has 0 saturated heterocycles. The standard InChI is InChI=1S/C14H27N3/c1-2-3-4-5-6-7-8-9-14-16-11-13-17(14)12-10-15/h7-8,11,13-14,16H,2-6,9-10,12,15H2,1H3/b8-7+. The summed E-state index contributed by atoms with van der Waals surface area (Å²) >= 11 is 0. The van der Waals surface area contributed by atoms with Crippen LogP contribution in [-0.2, 0) is 0 Å². The van der Waals surface area contributed by atoms with Crippen LogP contribution in [0.5, 0.6) is 0 Å². The van der Waals surface area contributed by atoms with E-state index in [-0.39, 0.29) is 0 Å². The zero-order valence-corrected chi connectivity index (χ0v) is 11.1. The zero-order chi connectivity index (χ0) is 12.3. The molecule has 3 heteroatoms. The van der Waals surface area contributed by atoms with Crippen LogP contribution in [0.1, 0.15) is 45.4 Å². The topological polar surface area (TPSA) is 41.3 Å². The van der Waals surface area contributed by atoms with E-state index in [1.54, 1.807) is 0 Å². The molecule has 98 valence electrons. The number of unbranched alkanes of at least 4 members (excludes halogenated alkanes) is 4. The molecule has 17 heavy (non-hydrogen) atoms. The minimum absolute atomic E-state index is 0.408. The van der Waals surface area contributed by atoms with Crippen LogP contribution < -0.4 is 11.1 Å². The van der Waals surface area contributed by atoms with Crippen LogP contribution in [0.15, 0.2) is 24.6 Å². The van der Waals surface area contributed by atoms with E-state index in [2.05, 4.69) is 35.5 Å². The van der Waals surface area contributed by atoms with Crippen molar-refractivity contribution in [3.8, 4) is 0 Å². The number of allylic oxidation sites excluding steroid dienone is 1. The Morgan fingerprint density at radius 3 is 2.94 bits per heavy atom. The maximum absolute atomic E-state index is 5.57. The zero-order valence-electron chi connectivity index (χ0n) is 11.1. The monoisotopic (exact) mass is 237 g/mol. The van der Waals surface area contributed by atoms with Crippen molar-refractivity contribution in [1.29, 1.82) is 0 Å². The van der Waals surface area contributed by atoms with Gasteiger partial charge in [0.1, 0.15) is 6.17 Å². The molecule has 1 unspecified atom stereocenters. The van der Waals surface area contributed by atoms with Gasteiger partial charge < -0.3 is 16.0 Å². The van der Waals surface area contributed by atoms with Crippen molar-refractivity contribution in [2.75, 3.05) is 13.1 Å². The van der Waals surface area contributed by atoms with Gasteiger partial charge in [-0.2, -0.15) is 0 Å². The van der Waals surface area contributed by atoms with Gasteiger partial charge in [-0.3, -0.25) is 0 Å². The van der Waals surface area contributed by atoms with Gasteiger partial charge in [-0.1, -0.05) is 38.3 Å². The maximum atomic E-state index is 5.57. The molecule has 1 aliphatic heterocycles. The van der Waals surface area contributed by atoms with Gasteiger partial charge in [0, 0.05) is 31.9 Å². The molecule has 3 N–H and O–H groups in total. The van der Waals surface area contributed by atoms with Gasteiger partial charge in [0.2, 0.25) is 0 Å². The Morgan fingerprint density at radius 2 is 2.18 bits per heavy atom. The van der Waals surface area contributed by atoms with Crippen LogP contribution in [0, 0.1) is 0 Å². The van der Waals surface area contributed by atoms with Crippen LogP contribution in [0.3, 0.4) is 0 Å². The third kappa shape index (κ3) is 5.78. The SMILES string of the molecule is CCCCCC/C=C/CC1NC=CN1CCN. The van der Waals surface area contributed by atoms with Gasteiger partial charge in [0.15, 0.2) is 0 Å². The highest BCUT2D eigenvalue weighted by atomic mass is 15.3. The highest BCUT2D eigenvalue weighted by Gasteiger charge is 2.15. The Morgan fingerprint density at radius 1 is 1.29 bits per heavy atom. The molecule has 1 atom stereocenters. The molecule has 0 spiro atoms. The molecule has 0 aromatic heterocycles. The third-order valence-corrected chi connectivity index (χ3v) is 3.09. The number of rotatable bonds is 9. The van der Waals surface area contributed by atoms with Crippen LogP contribution >= 0.6 is 0 Å². The Hall–Kier alpha value is -0.960. The van der Waals surface area contributed by atoms with Crippen LogP contribution in [0.25, 0.3) is 0 Å². The minimum Gasteiger partial charge on any atom is -0.370 e. The van der Waals surface area contributed by atoms with Gasteiger partial charge in [-0.25, -0.2) is 0 Å². The predicted octanol–water partition coefficient (Wildman–Crippen LogP) is 2.56. The fourth-order valence-corrected chi connectivity index (χ4v) is 2.06. The number of hydrogen-bond donors (Lipinski definition) is 2. The highest BCUT2D eigenvalue weighted by molar-refractivity contribution is 4.98. The first-order chi connectivity index (χ1) is 8.38. The molecule has 3 nitrogen and oxygen atoms in total. The lowest BCUT2D eigenvalue weighted by molar-refractivity contribution is 0.287. The quantitative estimate of drug-likeness (QED) is 0.478. The summed E-state index contributed by atoms with van der Waals surface area (Å²) in [6.07, 6.45) is 16.8. The summed E-state index contributed by atoms with van der Waals surface area (Å²) in [4.78, 5) is 2.27. The summed E-state index contributed by atoms with van der Waals surface area (Å²) in [7, 11) is 0. The summed E-state index contributed by atoms with van der Waals surface area (Å²) < 4.78 is 0. The molecule has 0 saturated carbocycles. The van der Waals surface area contributed by atoms with Crippen molar-refractivity contribution in [3.05, 3.63) is 24.6 Å².